The van der Waals surface area contributed by atoms with Gasteiger partial charge in [0.15, 0.2) is 16.3 Å². The van der Waals surface area contributed by atoms with Crippen LogP contribution in [-0.4, -0.2) is 23.9 Å². The van der Waals surface area contributed by atoms with Crippen molar-refractivity contribution >= 4 is 46.6 Å². The molecule has 0 bridgehead atoms. The van der Waals surface area contributed by atoms with E-state index in [4.69, 9.17) is 41.8 Å². The Morgan fingerprint density at radius 2 is 1.95 bits per heavy atom. The van der Waals surface area contributed by atoms with Crippen LogP contribution < -0.4 is 24.4 Å². The lowest BCUT2D eigenvalue weighted by atomic mass is 9.95. The van der Waals surface area contributed by atoms with E-state index in [1.807, 2.05) is 6.07 Å². The fraction of sp³-hybridized carbons (Fsp3) is 0.179. The Morgan fingerprint density at radius 1 is 1.13 bits per heavy atom. The monoisotopic (exact) mass is 582 g/mol. The van der Waals surface area contributed by atoms with Crippen LogP contribution in [0.15, 0.2) is 74.0 Å². The predicted molar refractivity (Wildman–Crippen MR) is 147 cm³/mol. The van der Waals surface area contributed by atoms with Crippen LogP contribution in [0, 0.1) is 0 Å². The van der Waals surface area contributed by atoms with E-state index in [0.717, 1.165) is 5.56 Å². The Hall–Kier alpha value is -3.79. The lowest BCUT2D eigenvalue weighted by Crippen LogP contribution is -2.39. The second kappa shape index (κ2) is 10.1. The zero-order chi connectivity index (χ0) is 27.3. The average molecular weight is 583 g/mol. The Bertz CT molecular complexity index is 1850. The molecule has 4 heterocycles. The number of furan rings is 1. The highest BCUT2D eigenvalue weighted by Crippen LogP contribution is 2.38. The van der Waals surface area contributed by atoms with Crippen LogP contribution >= 0.6 is 34.5 Å². The molecule has 2 aromatic carbocycles. The number of rotatable bonds is 5. The SMILES string of the molecule is CCOC(=O)C1=C(C)N=c2sc(=Cc3ccc(-c4ccc(Cl)c(Cl)c4)o3)c(=O)n2C1c1ccc2c(c1)OCO2. The number of fused-ring (bicyclic) bond motifs is 2. The highest BCUT2D eigenvalue weighted by molar-refractivity contribution is 7.07. The first-order valence-electron chi connectivity index (χ1n) is 12.0. The molecular formula is C28H20Cl2N2O6S. The van der Waals surface area contributed by atoms with Crippen molar-refractivity contribution in [2.45, 2.75) is 19.9 Å². The Labute approximate surface area is 236 Å². The lowest BCUT2D eigenvalue weighted by molar-refractivity contribution is -0.139. The number of aromatic nitrogens is 1. The molecule has 0 N–H and O–H groups in total. The van der Waals surface area contributed by atoms with Gasteiger partial charge in [-0.3, -0.25) is 9.36 Å². The second-order valence-corrected chi connectivity index (χ2v) is 10.6. The highest BCUT2D eigenvalue weighted by Gasteiger charge is 2.34. The Morgan fingerprint density at radius 3 is 2.74 bits per heavy atom. The summed E-state index contributed by atoms with van der Waals surface area (Å²) in [4.78, 5) is 31.9. The normalized spacial score (nSPS) is 16.3. The molecule has 11 heteroatoms. The third kappa shape index (κ3) is 4.56. The van der Waals surface area contributed by atoms with E-state index >= 15 is 0 Å². The Kier molecular flexibility index (Phi) is 6.58. The molecule has 1 atom stereocenters. The van der Waals surface area contributed by atoms with Crippen molar-refractivity contribution in [1.82, 2.24) is 4.57 Å². The van der Waals surface area contributed by atoms with Crippen molar-refractivity contribution < 1.29 is 23.4 Å². The molecule has 6 rings (SSSR count). The number of benzene rings is 2. The van der Waals surface area contributed by atoms with Crippen LogP contribution in [0.5, 0.6) is 11.5 Å². The molecule has 0 spiro atoms. The summed E-state index contributed by atoms with van der Waals surface area (Å²) >= 11 is 13.4. The number of allylic oxidation sites excluding steroid dienone is 1. The van der Waals surface area contributed by atoms with Crippen molar-refractivity contribution in [2.24, 2.45) is 4.99 Å². The molecule has 1 unspecified atom stereocenters. The van der Waals surface area contributed by atoms with Gasteiger partial charge in [-0.15, -0.1) is 0 Å². The van der Waals surface area contributed by atoms with Gasteiger partial charge in [-0.05, 0) is 61.9 Å². The van der Waals surface area contributed by atoms with Gasteiger partial charge in [-0.1, -0.05) is 40.6 Å². The van der Waals surface area contributed by atoms with Gasteiger partial charge in [-0.25, -0.2) is 9.79 Å². The van der Waals surface area contributed by atoms with E-state index < -0.39 is 12.0 Å². The minimum Gasteiger partial charge on any atom is -0.463 e. The van der Waals surface area contributed by atoms with E-state index in [1.54, 1.807) is 62.4 Å². The number of ether oxygens (including phenoxy) is 3. The molecule has 8 nitrogen and oxygen atoms in total. The number of hydrogen-bond donors (Lipinski definition) is 0. The fourth-order valence-electron chi connectivity index (χ4n) is 4.55. The number of nitrogens with zero attached hydrogens (tertiary/aromatic N) is 2. The van der Waals surface area contributed by atoms with Crippen LogP contribution in [-0.2, 0) is 9.53 Å². The fourth-order valence-corrected chi connectivity index (χ4v) is 5.88. The summed E-state index contributed by atoms with van der Waals surface area (Å²) in [6.07, 6.45) is 1.66. The molecule has 0 saturated heterocycles. The molecule has 2 aromatic heterocycles. The zero-order valence-corrected chi connectivity index (χ0v) is 23.0. The summed E-state index contributed by atoms with van der Waals surface area (Å²) < 4.78 is 24.2. The summed E-state index contributed by atoms with van der Waals surface area (Å²) in [6.45, 7) is 3.76. The number of carbonyl (C=O) groups excluding carboxylic acids is 1. The third-order valence-corrected chi connectivity index (χ3v) is 8.06. The standard InChI is InChI=1S/C28H20Cl2N2O6S/c1-3-35-27(34)24-14(2)31-28-32(25(24)16-5-8-21-22(11-16)37-13-36-21)26(33)23(39-28)12-17-6-9-20(38-17)15-4-7-18(29)19(30)10-15/h4-12,25H,3,13H2,1-2H3. The summed E-state index contributed by atoms with van der Waals surface area (Å²) in [6, 6.07) is 13.3. The predicted octanol–water partition coefficient (Wildman–Crippen LogP) is 5.09. The summed E-state index contributed by atoms with van der Waals surface area (Å²) in [5, 5.41) is 0.861. The van der Waals surface area contributed by atoms with Crippen molar-refractivity contribution in [3.63, 3.8) is 0 Å². The molecule has 4 aromatic rings. The van der Waals surface area contributed by atoms with Gasteiger partial charge in [0, 0.05) is 11.6 Å². The summed E-state index contributed by atoms with van der Waals surface area (Å²) in [5.74, 6) is 1.65. The maximum Gasteiger partial charge on any atom is 0.338 e. The average Bonchev–Trinajstić information content (AvgIpc) is 3.64. The molecule has 2 aliphatic rings. The Balaban J connectivity index is 1.47. The van der Waals surface area contributed by atoms with E-state index in [0.29, 0.717) is 53.7 Å². The van der Waals surface area contributed by atoms with Crippen LogP contribution in [0.1, 0.15) is 31.2 Å². The highest BCUT2D eigenvalue weighted by atomic mass is 35.5. The maximum atomic E-state index is 13.8. The first kappa shape index (κ1) is 25.5. The zero-order valence-electron chi connectivity index (χ0n) is 20.7. The van der Waals surface area contributed by atoms with Crippen molar-refractivity contribution in [3.8, 4) is 22.8 Å². The van der Waals surface area contributed by atoms with Crippen LogP contribution in [0.3, 0.4) is 0 Å². The third-order valence-electron chi connectivity index (χ3n) is 6.33. The second-order valence-electron chi connectivity index (χ2n) is 8.75. The van der Waals surface area contributed by atoms with E-state index in [9.17, 15) is 9.59 Å². The van der Waals surface area contributed by atoms with Crippen molar-refractivity contribution in [1.29, 1.82) is 0 Å². The summed E-state index contributed by atoms with van der Waals surface area (Å²) in [7, 11) is 0. The van der Waals surface area contributed by atoms with Crippen LogP contribution in [0.25, 0.3) is 17.4 Å². The van der Waals surface area contributed by atoms with Crippen molar-refractivity contribution in [3.05, 3.63) is 101 Å². The first-order chi connectivity index (χ1) is 18.8. The topological polar surface area (TPSA) is 92.3 Å². The number of carbonyl (C=O) groups is 1. The quantitative estimate of drug-likeness (QED) is 0.304. The van der Waals surface area contributed by atoms with Gasteiger partial charge >= 0.3 is 5.97 Å². The van der Waals surface area contributed by atoms with Gasteiger partial charge in [-0.2, -0.15) is 0 Å². The lowest BCUT2D eigenvalue weighted by Gasteiger charge is -2.24. The van der Waals surface area contributed by atoms with Gasteiger partial charge in [0.1, 0.15) is 11.5 Å². The van der Waals surface area contributed by atoms with Gasteiger partial charge < -0.3 is 18.6 Å². The molecular weight excluding hydrogens is 563 g/mol. The molecule has 0 saturated carbocycles. The maximum absolute atomic E-state index is 13.8. The molecule has 39 heavy (non-hydrogen) atoms. The minimum absolute atomic E-state index is 0.106. The minimum atomic E-state index is -0.764. The van der Waals surface area contributed by atoms with Crippen LogP contribution in [0.2, 0.25) is 10.0 Å². The van der Waals surface area contributed by atoms with Gasteiger partial charge in [0.25, 0.3) is 5.56 Å². The number of esters is 1. The molecule has 2 aliphatic heterocycles. The molecule has 0 radical (unpaired) electrons. The van der Waals surface area contributed by atoms with Gasteiger partial charge in [0.05, 0.1) is 38.5 Å². The van der Waals surface area contributed by atoms with Crippen molar-refractivity contribution in [2.75, 3.05) is 13.4 Å². The van der Waals surface area contributed by atoms with E-state index in [2.05, 4.69) is 4.99 Å². The molecule has 198 valence electrons. The molecule has 0 aliphatic carbocycles. The number of hydrogen-bond acceptors (Lipinski definition) is 8. The largest absolute Gasteiger partial charge is 0.463 e. The molecule has 0 fully saturated rings. The summed E-state index contributed by atoms with van der Waals surface area (Å²) in [5.41, 5.74) is 1.87. The smallest absolute Gasteiger partial charge is 0.338 e. The first-order valence-corrected chi connectivity index (χ1v) is 13.6. The van der Waals surface area contributed by atoms with E-state index in [-0.39, 0.29) is 24.5 Å². The van der Waals surface area contributed by atoms with Gasteiger partial charge in [0.2, 0.25) is 6.79 Å². The van der Waals surface area contributed by atoms with Crippen LogP contribution in [0.4, 0.5) is 0 Å². The van der Waals surface area contributed by atoms with E-state index in [1.165, 1.54) is 15.9 Å². The number of halogens is 2. The number of thiazole rings is 1. The molecule has 0 amide bonds.